The zero-order valence-electron chi connectivity index (χ0n) is 7.14. The van der Waals surface area contributed by atoms with Crippen LogP contribution in [0.2, 0.25) is 0 Å². The standard InChI is InChI=1S/C10H11NO2/c1-2-3-8-4-5-9(7-11-13)10(12)6-8/h2,4-7,12-13H,1,3H2. The van der Waals surface area contributed by atoms with Gasteiger partial charge in [0, 0.05) is 5.56 Å². The molecule has 3 heteroatoms. The van der Waals surface area contributed by atoms with Gasteiger partial charge in [0.25, 0.3) is 0 Å². The molecule has 0 bridgehead atoms. The molecule has 13 heavy (non-hydrogen) atoms. The molecule has 1 aromatic carbocycles. The monoisotopic (exact) mass is 177 g/mol. The Morgan fingerprint density at radius 2 is 2.23 bits per heavy atom. The van der Waals surface area contributed by atoms with Gasteiger partial charge in [-0.2, -0.15) is 0 Å². The Balaban J connectivity index is 2.97. The molecule has 0 atom stereocenters. The zero-order valence-corrected chi connectivity index (χ0v) is 7.14. The minimum Gasteiger partial charge on any atom is -0.507 e. The SMILES string of the molecule is C=CCc1ccc(C=NO)c(O)c1. The highest BCUT2D eigenvalue weighted by molar-refractivity contribution is 5.82. The van der Waals surface area contributed by atoms with Gasteiger partial charge in [-0.25, -0.2) is 0 Å². The van der Waals surface area contributed by atoms with Crippen molar-refractivity contribution < 1.29 is 10.3 Å². The van der Waals surface area contributed by atoms with Crippen molar-refractivity contribution >= 4 is 6.21 Å². The number of hydrogen-bond donors (Lipinski definition) is 2. The van der Waals surface area contributed by atoms with Gasteiger partial charge in [-0.3, -0.25) is 0 Å². The summed E-state index contributed by atoms with van der Waals surface area (Å²) >= 11 is 0. The van der Waals surface area contributed by atoms with Crippen molar-refractivity contribution in [2.75, 3.05) is 0 Å². The average molecular weight is 177 g/mol. The third-order valence-corrected chi connectivity index (χ3v) is 1.67. The topological polar surface area (TPSA) is 52.8 Å². The predicted molar refractivity (Wildman–Crippen MR) is 51.4 cm³/mol. The van der Waals surface area contributed by atoms with Crippen LogP contribution < -0.4 is 0 Å². The lowest BCUT2D eigenvalue weighted by atomic mass is 10.1. The molecular formula is C10H11NO2. The van der Waals surface area contributed by atoms with Crippen LogP contribution in [-0.4, -0.2) is 16.5 Å². The first-order valence-electron chi connectivity index (χ1n) is 3.88. The lowest BCUT2D eigenvalue weighted by molar-refractivity contribution is 0.321. The van der Waals surface area contributed by atoms with E-state index in [0.29, 0.717) is 12.0 Å². The molecule has 3 nitrogen and oxygen atoms in total. The molecule has 0 saturated carbocycles. The Labute approximate surface area is 76.6 Å². The second-order valence-electron chi connectivity index (χ2n) is 2.63. The van der Waals surface area contributed by atoms with Crippen LogP contribution in [0.25, 0.3) is 0 Å². The largest absolute Gasteiger partial charge is 0.507 e. The fourth-order valence-corrected chi connectivity index (χ4v) is 1.05. The average Bonchev–Trinajstić information content (AvgIpc) is 2.10. The number of phenols is 1. The molecule has 2 N–H and O–H groups in total. The zero-order chi connectivity index (χ0) is 9.68. The van der Waals surface area contributed by atoms with Crippen molar-refractivity contribution in [1.29, 1.82) is 0 Å². The van der Waals surface area contributed by atoms with E-state index in [1.165, 1.54) is 6.21 Å². The molecule has 68 valence electrons. The summed E-state index contributed by atoms with van der Waals surface area (Å²) in [6.45, 7) is 3.60. The highest BCUT2D eigenvalue weighted by atomic mass is 16.4. The van der Waals surface area contributed by atoms with Gasteiger partial charge in [-0.05, 0) is 24.1 Å². The number of hydrogen-bond acceptors (Lipinski definition) is 3. The van der Waals surface area contributed by atoms with Crippen molar-refractivity contribution in [3.8, 4) is 5.75 Å². The molecule has 0 aliphatic rings. The minimum atomic E-state index is 0.108. The number of phenolic OH excluding ortho intramolecular Hbond substituents is 1. The van der Waals surface area contributed by atoms with Gasteiger partial charge in [0.15, 0.2) is 0 Å². The molecule has 0 amide bonds. The van der Waals surface area contributed by atoms with E-state index in [0.717, 1.165) is 5.56 Å². The molecule has 0 radical (unpaired) electrons. The molecule has 0 aliphatic heterocycles. The van der Waals surface area contributed by atoms with Crippen LogP contribution in [0.3, 0.4) is 0 Å². The van der Waals surface area contributed by atoms with E-state index in [9.17, 15) is 5.11 Å². The quantitative estimate of drug-likeness (QED) is 0.321. The van der Waals surface area contributed by atoms with Crippen LogP contribution >= 0.6 is 0 Å². The van der Waals surface area contributed by atoms with Crippen LogP contribution in [0.15, 0.2) is 36.0 Å². The molecule has 0 aromatic heterocycles. The number of oxime groups is 1. The van der Waals surface area contributed by atoms with Crippen LogP contribution in [0.5, 0.6) is 5.75 Å². The summed E-state index contributed by atoms with van der Waals surface area (Å²) < 4.78 is 0. The predicted octanol–water partition coefficient (Wildman–Crippen LogP) is 1.93. The lowest BCUT2D eigenvalue weighted by Gasteiger charge is -2.00. The maximum absolute atomic E-state index is 9.41. The van der Waals surface area contributed by atoms with E-state index < -0.39 is 0 Å². The Morgan fingerprint density at radius 3 is 2.77 bits per heavy atom. The van der Waals surface area contributed by atoms with Gasteiger partial charge in [0.1, 0.15) is 5.75 Å². The van der Waals surface area contributed by atoms with Crippen LogP contribution in [0, 0.1) is 0 Å². The Hall–Kier alpha value is -1.77. The van der Waals surface area contributed by atoms with Crippen molar-refractivity contribution in [1.82, 2.24) is 0 Å². The smallest absolute Gasteiger partial charge is 0.124 e. The number of benzene rings is 1. The Morgan fingerprint density at radius 1 is 1.46 bits per heavy atom. The van der Waals surface area contributed by atoms with E-state index in [1.54, 1.807) is 18.2 Å². The Bertz CT molecular complexity index is 332. The summed E-state index contributed by atoms with van der Waals surface area (Å²) in [6, 6.07) is 5.16. The number of aromatic hydroxyl groups is 1. The molecule has 0 aliphatic carbocycles. The third kappa shape index (κ3) is 2.33. The second kappa shape index (κ2) is 4.30. The van der Waals surface area contributed by atoms with Gasteiger partial charge >= 0.3 is 0 Å². The molecule has 0 unspecified atom stereocenters. The summed E-state index contributed by atoms with van der Waals surface area (Å²) in [6.07, 6.45) is 3.66. The molecule has 0 saturated heterocycles. The normalized spacial score (nSPS) is 10.5. The van der Waals surface area contributed by atoms with Crippen molar-refractivity contribution in [2.24, 2.45) is 5.16 Å². The van der Waals surface area contributed by atoms with E-state index in [2.05, 4.69) is 11.7 Å². The van der Waals surface area contributed by atoms with Crippen molar-refractivity contribution in [3.63, 3.8) is 0 Å². The maximum atomic E-state index is 9.41. The lowest BCUT2D eigenvalue weighted by Crippen LogP contribution is -1.86. The summed E-state index contributed by atoms with van der Waals surface area (Å²) in [5.41, 5.74) is 1.47. The fraction of sp³-hybridized carbons (Fsp3) is 0.100. The molecule has 1 aromatic rings. The first-order chi connectivity index (χ1) is 6.27. The fourth-order valence-electron chi connectivity index (χ4n) is 1.05. The van der Waals surface area contributed by atoms with Gasteiger partial charge in [0.2, 0.25) is 0 Å². The summed E-state index contributed by atoms with van der Waals surface area (Å²) in [5.74, 6) is 0.108. The van der Waals surface area contributed by atoms with Crippen molar-refractivity contribution in [2.45, 2.75) is 6.42 Å². The van der Waals surface area contributed by atoms with Crippen molar-refractivity contribution in [3.05, 3.63) is 42.0 Å². The van der Waals surface area contributed by atoms with E-state index in [4.69, 9.17) is 5.21 Å². The van der Waals surface area contributed by atoms with E-state index in [1.807, 2.05) is 6.07 Å². The van der Waals surface area contributed by atoms with Gasteiger partial charge in [0.05, 0.1) is 6.21 Å². The third-order valence-electron chi connectivity index (χ3n) is 1.67. The van der Waals surface area contributed by atoms with Crippen LogP contribution in [0.4, 0.5) is 0 Å². The number of rotatable bonds is 3. The molecule has 0 heterocycles. The van der Waals surface area contributed by atoms with Gasteiger partial charge in [-0.1, -0.05) is 17.3 Å². The van der Waals surface area contributed by atoms with Crippen LogP contribution in [0.1, 0.15) is 11.1 Å². The first kappa shape index (κ1) is 9.32. The van der Waals surface area contributed by atoms with E-state index in [-0.39, 0.29) is 5.75 Å². The number of nitrogens with zero attached hydrogens (tertiary/aromatic N) is 1. The number of allylic oxidation sites excluding steroid dienone is 1. The van der Waals surface area contributed by atoms with Gasteiger partial charge in [-0.15, -0.1) is 6.58 Å². The second-order valence-corrected chi connectivity index (χ2v) is 2.63. The minimum absolute atomic E-state index is 0.108. The molecule has 0 fully saturated rings. The summed E-state index contributed by atoms with van der Waals surface area (Å²) in [4.78, 5) is 0. The first-order valence-corrected chi connectivity index (χ1v) is 3.88. The summed E-state index contributed by atoms with van der Waals surface area (Å²) in [7, 11) is 0. The highest BCUT2D eigenvalue weighted by Crippen LogP contribution is 2.17. The molecular weight excluding hydrogens is 166 g/mol. The maximum Gasteiger partial charge on any atom is 0.124 e. The summed E-state index contributed by atoms with van der Waals surface area (Å²) in [5, 5.41) is 20.5. The highest BCUT2D eigenvalue weighted by Gasteiger charge is 1.98. The van der Waals surface area contributed by atoms with E-state index >= 15 is 0 Å². The van der Waals surface area contributed by atoms with Crippen LogP contribution in [-0.2, 0) is 6.42 Å². The molecule has 0 spiro atoms. The molecule has 1 rings (SSSR count). The van der Waals surface area contributed by atoms with Gasteiger partial charge < -0.3 is 10.3 Å². The Kier molecular flexibility index (Phi) is 3.09.